The molecule has 1 fully saturated rings. The first-order chi connectivity index (χ1) is 16.5. The summed E-state index contributed by atoms with van der Waals surface area (Å²) in [6.45, 7) is 4.43. The maximum absolute atomic E-state index is 11.8. The first kappa shape index (κ1) is 27.5. The summed E-state index contributed by atoms with van der Waals surface area (Å²) in [6.07, 6.45) is -5.74. The lowest BCUT2D eigenvalue weighted by molar-refractivity contribution is -0.328. The second-order valence-electron chi connectivity index (χ2n) is 7.13. The third-order valence-electron chi connectivity index (χ3n) is 4.16. The zero-order chi connectivity index (χ0) is 26.1. The summed E-state index contributed by atoms with van der Waals surface area (Å²) in [5, 5.41) is 3.84. The van der Waals surface area contributed by atoms with Crippen molar-refractivity contribution in [3.05, 3.63) is 29.8 Å². The Hall–Kier alpha value is -3.78. The van der Waals surface area contributed by atoms with E-state index in [4.69, 9.17) is 34.2 Å². The average Bonchev–Trinajstić information content (AvgIpc) is 2.73. The third-order valence-corrected chi connectivity index (χ3v) is 4.25. The van der Waals surface area contributed by atoms with E-state index in [1.807, 2.05) is 0 Å². The average molecular weight is 512 g/mol. The van der Waals surface area contributed by atoms with Crippen molar-refractivity contribution in [3.63, 3.8) is 0 Å². The van der Waals surface area contributed by atoms with E-state index < -0.39 is 54.8 Å². The van der Waals surface area contributed by atoms with Gasteiger partial charge in [-0.15, -0.1) is 0 Å². The van der Waals surface area contributed by atoms with E-state index in [-0.39, 0.29) is 10.9 Å². The zero-order valence-electron chi connectivity index (χ0n) is 19.3. The number of hydrazone groups is 1. The van der Waals surface area contributed by atoms with Crippen LogP contribution in [0.2, 0.25) is 0 Å². The fourth-order valence-electron chi connectivity index (χ4n) is 3.03. The molecule has 1 aliphatic heterocycles. The van der Waals surface area contributed by atoms with Crippen molar-refractivity contribution >= 4 is 47.4 Å². The smallest absolute Gasteiger partial charge is 0.305 e. The highest BCUT2D eigenvalue weighted by molar-refractivity contribution is 7.80. The van der Waals surface area contributed by atoms with E-state index in [1.165, 1.54) is 6.21 Å². The van der Waals surface area contributed by atoms with E-state index in [9.17, 15) is 19.2 Å². The Bertz CT molecular complexity index is 984. The normalized spacial score (nSPS) is 23.6. The number of esters is 4. The molecule has 13 nitrogen and oxygen atoms in total. The van der Waals surface area contributed by atoms with Crippen LogP contribution in [0.15, 0.2) is 29.4 Å². The van der Waals surface area contributed by atoms with Crippen LogP contribution in [0.4, 0.5) is 0 Å². The Morgan fingerprint density at radius 3 is 1.83 bits per heavy atom. The maximum Gasteiger partial charge on any atom is 0.305 e. The van der Waals surface area contributed by atoms with Gasteiger partial charge in [0, 0.05) is 27.7 Å². The molecule has 0 aliphatic carbocycles. The van der Waals surface area contributed by atoms with Gasteiger partial charge in [0.2, 0.25) is 24.8 Å². The predicted molar refractivity (Wildman–Crippen MR) is 122 cm³/mol. The van der Waals surface area contributed by atoms with Gasteiger partial charge in [0.1, 0.15) is 5.75 Å². The molecule has 1 aliphatic rings. The highest BCUT2D eigenvalue weighted by Crippen LogP contribution is 2.31. The highest BCUT2D eigenvalue weighted by atomic mass is 32.1. The topological polar surface area (TPSA) is 174 Å². The summed E-state index contributed by atoms with van der Waals surface area (Å²) in [5.41, 5.74) is 8.37. The van der Waals surface area contributed by atoms with E-state index in [0.29, 0.717) is 5.56 Å². The molecule has 190 valence electrons. The largest absolute Gasteiger partial charge is 0.461 e. The third kappa shape index (κ3) is 8.83. The predicted octanol–water partition coefficient (Wildman–Crippen LogP) is 0.273. The number of nitrogens with zero attached hydrogens (tertiary/aromatic N) is 1. The standard InChI is InChI=1S/C21H25N3O10S/c1-10(25)29-16-17(30-11(2)26)19(32-13(4)28)34-20(18(16)31-12(3)27)33-15-7-5-14(6-8-15)9-23-24-21(22)35/h5-9,16-20H,1-4H3,(H3,22,24,35)/b23-9+/t16-,17-,18+,19-,20+/m0/s1. The Kier molecular flexibility index (Phi) is 9.90. The molecule has 2 rings (SSSR count). The fraction of sp³-hybridized carbons (Fsp3) is 0.429. The number of nitrogens with one attached hydrogen (secondary N) is 1. The molecule has 0 amide bonds. The van der Waals surface area contributed by atoms with Gasteiger partial charge in [-0.25, -0.2) is 0 Å². The van der Waals surface area contributed by atoms with E-state index in [0.717, 1.165) is 27.7 Å². The minimum Gasteiger partial charge on any atom is -0.461 e. The van der Waals surface area contributed by atoms with Crippen LogP contribution in [0.25, 0.3) is 0 Å². The number of hydrogen-bond acceptors (Lipinski definition) is 12. The molecular formula is C21H25N3O10S. The molecule has 0 aromatic heterocycles. The summed E-state index contributed by atoms with van der Waals surface area (Å²) in [5.74, 6) is -2.83. The molecule has 5 atom stereocenters. The first-order valence-electron chi connectivity index (χ1n) is 10.2. The van der Waals surface area contributed by atoms with Crippen molar-refractivity contribution in [3.8, 4) is 5.75 Å². The number of thiocarbonyl (C=S) groups is 1. The van der Waals surface area contributed by atoms with Crippen molar-refractivity contribution in [1.29, 1.82) is 0 Å². The maximum atomic E-state index is 11.8. The second-order valence-corrected chi connectivity index (χ2v) is 7.57. The molecular weight excluding hydrogens is 486 g/mol. The molecule has 0 radical (unpaired) electrons. The molecule has 0 unspecified atom stereocenters. The zero-order valence-corrected chi connectivity index (χ0v) is 20.1. The van der Waals surface area contributed by atoms with Crippen molar-refractivity contribution < 1.29 is 47.6 Å². The molecule has 0 bridgehead atoms. The van der Waals surface area contributed by atoms with Crippen LogP contribution in [-0.2, 0) is 42.9 Å². The van der Waals surface area contributed by atoms with Gasteiger partial charge in [0.05, 0.1) is 6.21 Å². The van der Waals surface area contributed by atoms with Crippen LogP contribution in [0.1, 0.15) is 33.3 Å². The monoisotopic (exact) mass is 511 g/mol. The minimum absolute atomic E-state index is 0.00360. The molecule has 1 aromatic rings. The van der Waals surface area contributed by atoms with Crippen molar-refractivity contribution in [1.82, 2.24) is 5.43 Å². The van der Waals surface area contributed by atoms with Crippen LogP contribution in [-0.4, -0.2) is 66.1 Å². The fourth-order valence-corrected chi connectivity index (χ4v) is 3.08. The number of ether oxygens (including phenoxy) is 6. The highest BCUT2D eigenvalue weighted by Gasteiger charge is 2.54. The van der Waals surface area contributed by atoms with Crippen LogP contribution in [0.3, 0.4) is 0 Å². The van der Waals surface area contributed by atoms with Gasteiger partial charge >= 0.3 is 23.9 Å². The Balaban J connectivity index is 2.36. The number of nitrogens with two attached hydrogens (primary N) is 1. The van der Waals surface area contributed by atoms with E-state index in [1.54, 1.807) is 24.3 Å². The number of rotatable bonds is 8. The van der Waals surface area contributed by atoms with Gasteiger partial charge in [0.25, 0.3) is 0 Å². The molecule has 1 heterocycles. The summed E-state index contributed by atoms with van der Waals surface area (Å²) in [6, 6.07) is 6.38. The molecule has 0 spiro atoms. The van der Waals surface area contributed by atoms with E-state index >= 15 is 0 Å². The van der Waals surface area contributed by atoms with Crippen molar-refractivity contribution in [2.24, 2.45) is 10.8 Å². The molecule has 3 N–H and O–H groups in total. The van der Waals surface area contributed by atoms with Crippen LogP contribution in [0.5, 0.6) is 5.75 Å². The Morgan fingerprint density at radius 1 is 0.857 bits per heavy atom. The molecule has 14 heteroatoms. The molecule has 1 aromatic carbocycles. The lowest BCUT2D eigenvalue weighted by Crippen LogP contribution is -2.63. The SMILES string of the molecule is CC(=O)O[C@H]1O[C@@H](Oc2ccc(/C=N/NC(N)=S)cc2)[C@H](OC(C)=O)[C@@H](OC(C)=O)[C@@H]1OC(C)=O. The molecule has 35 heavy (non-hydrogen) atoms. The van der Waals surface area contributed by atoms with Gasteiger partial charge in [-0.1, -0.05) is 0 Å². The van der Waals surface area contributed by atoms with Crippen molar-refractivity contribution in [2.75, 3.05) is 0 Å². The summed E-state index contributed by atoms with van der Waals surface area (Å²) < 4.78 is 32.4. The lowest BCUT2D eigenvalue weighted by atomic mass is 10.0. The van der Waals surface area contributed by atoms with Crippen LogP contribution < -0.4 is 15.9 Å². The van der Waals surface area contributed by atoms with Gasteiger partial charge in [-0.05, 0) is 42.0 Å². The van der Waals surface area contributed by atoms with Gasteiger partial charge in [-0.2, -0.15) is 5.10 Å². The van der Waals surface area contributed by atoms with Gasteiger partial charge in [-0.3, -0.25) is 29.3 Å². The number of hydrogen-bond donors (Lipinski definition) is 2. The van der Waals surface area contributed by atoms with Gasteiger partial charge in [0.15, 0.2) is 11.2 Å². The second kappa shape index (κ2) is 12.6. The summed E-state index contributed by atoms with van der Waals surface area (Å²) in [7, 11) is 0. The Morgan fingerprint density at radius 2 is 1.34 bits per heavy atom. The summed E-state index contributed by atoms with van der Waals surface area (Å²) >= 11 is 4.66. The molecule has 0 saturated carbocycles. The van der Waals surface area contributed by atoms with E-state index in [2.05, 4.69) is 22.7 Å². The number of carbonyl (C=O) groups is 4. The number of benzene rings is 1. The lowest BCUT2D eigenvalue weighted by Gasteiger charge is -2.43. The minimum atomic E-state index is -1.53. The number of carbonyl (C=O) groups excluding carboxylic acids is 4. The van der Waals surface area contributed by atoms with Gasteiger partial charge < -0.3 is 29.4 Å². The quantitative estimate of drug-likeness (QED) is 0.160. The summed E-state index contributed by atoms with van der Waals surface area (Å²) in [4.78, 5) is 47.0. The van der Waals surface area contributed by atoms with Crippen LogP contribution >= 0.6 is 12.2 Å². The van der Waals surface area contributed by atoms with Crippen LogP contribution in [0, 0.1) is 0 Å². The first-order valence-corrected chi connectivity index (χ1v) is 10.6. The van der Waals surface area contributed by atoms with Crippen molar-refractivity contribution in [2.45, 2.75) is 58.6 Å². The molecule has 1 saturated heterocycles. The Labute approximate surface area is 205 Å².